The minimum Gasteiger partial charge on any atom is -0.360 e. The number of hydrogen-bond acceptors (Lipinski definition) is 6. The van der Waals surface area contributed by atoms with E-state index in [0.717, 1.165) is 16.8 Å². The summed E-state index contributed by atoms with van der Waals surface area (Å²) < 4.78 is 4.98. The number of anilines is 3. The van der Waals surface area contributed by atoms with Crippen LogP contribution in [-0.4, -0.2) is 21.3 Å². The number of nitrogens with zero attached hydrogens (tertiary/aromatic N) is 3. The molecule has 0 aliphatic carbocycles. The largest absolute Gasteiger partial charge is 0.360 e. The number of para-hydroxylation sites is 1. The van der Waals surface area contributed by atoms with Crippen molar-refractivity contribution in [2.45, 2.75) is 33.6 Å². The van der Waals surface area contributed by atoms with Gasteiger partial charge in [0.2, 0.25) is 0 Å². The monoisotopic (exact) mass is 351 g/mol. The van der Waals surface area contributed by atoms with Crippen LogP contribution < -0.4 is 10.6 Å². The number of amides is 1. The highest BCUT2D eigenvalue weighted by Gasteiger charge is 2.15. The van der Waals surface area contributed by atoms with E-state index in [4.69, 9.17) is 4.52 Å². The van der Waals surface area contributed by atoms with Gasteiger partial charge in [-0.2, -0.15) is 0 Å². The van der Waals surface area contributed by atoms with Crippen LogP contribution in [0.15, 0.2) is 40.9 Å². The molecule has 0 fully saturated rings. The van der Waals surface area contributed by atoms with E-state index in [9.17, 15) is 4.79 Å². The van der Waals surface area contributed by atoms with Crippen LogP contribution in [0.4, 0.5) is 17.3 Å². The quantitative estimate of drug-likeness (QED) is 0.715. The Labute approximate surface area is 151 Å². The first-order valence-electron chi connectivity index (χ1n) is 8.39. The average molecular weight is 351 g/mol. The van der Waals surface area contributed by atoms with Gasteiger partial charge in [-0.3, -0.25) is 4.79 Å². The number of nitrogens with one attached hydrogen (secondary N) is 2. The predicted octanol–water partition coefficient (Wildman–Crippen LogP) is 4.20. The summed E-state index contributed by atoms with van der Waals surface area (Å²) in [6.45, 7) is 7.96. The maximum Gasteiger partial charge on any atom is 0.276 e. The molecule has 0 bridgehead atoms. The molecule has 0 spiro atoms. The van der Waals surface area contributed by atoms with E-state index in [1.807, 2.05) is 25.1 Å². The van der Waals surface area contributed by atoms with Gasteiger partial charge < -0.3 is 15.2 Å². The molecular weight excluding hydrogens is 330 g/mol. The second-order valence-electron chi connectivity index (χ2n) is 6.40. The predicted molar refractivity (Wildman–Crippen MR) is 99.8 cm³/mol. The molecule has 3 aromatic rings. The van der Waals surface area contributed by atoms with Crippen molar-refractivity contribution in [3.8, 4) is 0 Å². The lowest BCUT2D eigenvalue weighted by Crippen LogP contribution is -2.17. The Morgan fingerprint density at radius 3 is 2.50 bits per heavy atom. The third kappa shape index (κ3) is 3.88. The van der Waals surface area contributed by atoms with Crippen molar-refractivity contribution in [1.82, 2.24) is 15.4 Å². The normalized spacial score (nSPS) is 10.8. The molecule has 0 radical (unpaired) electrons. The van der Waals surface area contributed by atoms with Gasteiger partial charge in [0.25, 0.3) is 5.91 Å². The van der Waals surface area contributed by atoms with Crippen LogP contribution in [0.3, 0.4) is 0 Å². The molecule has 7 heteroatoms. The minimum atomic E-state index is -0.294. The molecule has 2 N–H and O–H groups in total. The molecule has 1 aromatic carbocycles. The highest BCUT2D eigenvalue weighted by Crippen LogP contribution is 2.27. The topological polar surface area (TPSA) is 92.9 Å². The van der Waals surface area contributed by atoms with Crippen LogP contribution in [0.5, 0.6) is 0 Å². The van der Waals surface area contributed by atoms with Gasteiger partial charge in [0.15, 0.2) is 17.3 Å². The average Bonchev–Trinajstić information content (AvgIpc) is 3.02. The maximum absolute atomic E-state index is 12.6. The van der Waals surface area contributed by atoms with Crippen LogP contribution in [0.2, 0.25) is 0 Å². The van der Waals surface area contributed by atoms with Crippen molar-refractivity contribution in [2.75, 3.05) is 10.6 Å². The van der Waals surface area contributed by atoms with E-state index < -0.39 is 0 Å². The highest BCUT2D eigenvalue weighted by atomic mass is 16.5. The summed E-state index contributed by atoms with van der Waals surface area (Å²) in [5.74, 6) is 1.71. The van der Waals surface area contributed by atoms with Crippen LogP contribution in [-0.2, 0) is 0 Å². The fourth-order valence-electron chi connectivity index (χ4n) is 2.60. The summed E-state index contributed by atoms with van der Waals surface area (Å²) in [5, 5.41) is 17.8. The van der Waals surface area contributed by atoms with Crippen LogP contribution in [0, 0.1) is 13.8 Å². The standard InChI is InChI=1S/C19H21N5O2/c1-11(2)14-7-5-6-12(3)18(14)21-19(25)15-8-9-16(23-22-15)20-17-10-13(4)26-24-17/h5-11H,1-4H3,(H,21,25)(H,20,23,24). The summed E-state index contributed by atoms with van der Waals surface area (Å²) in [6.07, 6.45) is 0. The molecule has 7 nitrogen and oxygen atoms in total. The number of aromatic nitrogens is 3. The Bertz CT molecular complexity index is 916. The lowest BCUT2D eigenvalue weighted by molar-refractivity contribution is 0.102. The SMILES string of the molecule is Cc1cc(Nc2ccc(C(=O)Nc3c(C)cccc3C(C)C)nn2)no1. The molecule has 0 saturated carbocycles. The van der Waals surface area contributed by atoms with Crippen molar-refractivity contribution >= 4 is 23.2 Å². The Hall–Kier alpha value is -3.22. The zero-order chi connectivity index (χ0) is 18.7. The van der Waals surface area contributed by atoms with Gasteiger partial charge in [-0.1, -0.05) is 37.2 Å². The molecular formula is C19H21N5O2. The lowest BCUT2D eigenvalue weighted by Gasteiger charge is -2.16. The number of hydrogen-bond donors (Lipinski definition) is 2. The first kappa shape index (κ1) is 17.6. The number of benzene rings is 1. The van der Waals surface area contributed by atoms with E-state index >= 15 is 0 Å². The molecule has 0 aliphatic heterocycles. The zero-order valence-corrected chi connectivity index (χ0v) is 15.2. The number of rotatable bonds is 5. The van der Waals surface area contributed by atoms with Gasteiger partial charge in [-0.25, -0.2) is 0 Å². The summed E-state index contributed by atoms with van der Waals surface area (Å²) in [4.78, 5) is 12.6. The van der Waals surface area contributed by atoms with Gasteiger partial charge in [-0.15, -0.1) is 10.2 Å². The van der Waals surface area contributed by atoms with Crippen molar-refractivity contribution < 1.29 is 9.32 Å². The fourth-order valence-corrected chi connectivity index (χ4v) is 2.60. The molecule has 0 saturated heterocycles. The molecule has 0 aliphatic rings. The first-order chi connectivity index (χ1) is 12.4. The summed E-state index contributed by atoms with van der Waals surface area (Å²) in [6, 6.07) is 11.0. The fraction of sp³-hybridized carbons (Fsp3) is 0.263. The smallest absolute Gasteiger partial charge is 0.276 e. The van der Waals surface area contributed by atoms with Crippen LogP contribution in [0.1, 0.15) is 47.1 Å². The summed E-state index contributed by atoms with van der Waals surface area (Å²) in [7, 11) is 0. The van der Waals surface area contributed by atoms with Crippen molar-refractivity contribution in [3.63, 3.8) is 0 Å². The summed E-state index contributed by atoms with van der Waals surface area (Å²) >= 11 is 0. The van der Waals surface area contributed by atoms with Gasteiger partial charge in [0, 0.05) is 11.8 Å². The Morgan fingerprint density at radius 2 is 1.88 bits per heavy atom. The van der Waals surface area contributed by atoms with Gasteiger partial charge >= 0.3 is 0 Å². The molecule has 0 unspecified atom stereocenters. The Kier molecular flexibility index (Phi) is 4.97. The molecule has 3 rings (SSSR count). The third-order valence-electron chi connectivity index (χ3n) is 3.95. The Balaban J connectivity index is 1.75. The lowest BCUT2D eigenvalue weighted by atomic mass is 9.98. The zero-order valence-electron chi connectivity index (χ0n) is 15.2. The molecule has 0 atom stereocenters. The van der Waals surface area contributed by atoms with Gasteiger partial charge in [0.1, 0.15) is 5.76 Å². The van der Waals surface area contributed by atoms with E-state index in [1.54, 1.807) is 25.1 Å². The number of aryl methyl sites for hydroxylation is 2. The molecule has 134 valence electrons. The van der Waals surface area contributed by atoms with Crippen molar-refractivity contribution in [1.29, 1.82) is 0 Å². The first-order valence-corrected chi connectivity index (χ1v) is 8.39. The third-order valence-corrected chi connectivity index (χ3v) is 3.95. The van der Waals surface area contributed by atoms with E-state index in [1.165, 1.54) is 0 Å². The molecule has 1 amide bonds. The van der Waals surface area contributed by atoms with Gasteiger partial charge in [-0.05, 0) is 43.0 Å². The minimum absolute atomic E-state index is 0.241. The van der Waals surface area contributed by atoms with Crippen molar-refractivity contribution in [2.24, 2.45) is 0 Å². The molecule has 2 aromatic heterocycles. The number of carbonyl (C=O) groups is 1. The molecule has 26 heavy (non-hydrogen) atoms. The maximum atomic E-state index is 12.6. The van der Waals surface area contributed by atoms with Crippen LogP contribution >= 0.6 is 0 Å². The van der Waals surface area contributed by atoms with E-state index in [-0.39, 0.29) is 11.6 Å². The van der Waals surface area contributed by atoms with E-state index in [0.29, 0.717) is 23.3 Å². The summed E-state index contributed by atoms with van der Waals surface area (Å²) in [5.41, 5.74) is 3.17. The van der Waals surface area contributed by atoms with Crippen molar-refractivity contribution in [3.05, 3.63) is 59.0 Å². The van der Waals surface area contributed by atoms with Crippen LogP contribution in [0.25, 0.3) is 0 Å². The highest BCUT2D eigenvalue weighted by molar-refractivity contribution is 6.03. The molecule has 2 heterocycles. The second-order valence-corrected chi connectivity index (χ2v) is 6.40. The van der Waals surface area contributed by atoms with E-state index in [2.05, 4.69) is 39.8 Å². The Morgan fingerprint density at radius 1 is 1.08 bits per heavy atom. The number of carbonyl (C=O) groups excluding carboxylic acids is 1. The van der Waals surface area contributed by atoms with Gasteiger partial charge in [0.05, 0.1) is 0 Å². The second kappa shape index (κ2) is 7.35.